The van der Waals surface area contributed by atoms with Gasteiger partial charge in [0.05, 0.1) is 30.3 Å². The summed E-state index contributed by atoms with van der Waals surface area (Å²) in [6.07, 6.45) is -10.6. The quantitative estimate of drug-likeness (QED) is 0.149. The number of carbonyl (C=O) groups is 5. The van der Waals surface area contributed by atoms with Gasteiger partial charge in [-0.25, -0.2) is 4.79 Å². The number of amides is 1. The number of nitrogens with one attached hydrogen (secondary N) is 1. The molecule has 1 saturated heterocycles. The minimum Gasteiger partial charge on any atom is -0.460 e. The van der Waals surface area contributed by atoms with Gasteiger partial charge in [-0.15, -0.1) is 0 Å². The van der Waals surface area contributed by atoms with E-state index in [1.807, 2.05) is 0 Å². The molecule has 2 aliphatic carbocycles. The van der Waals surface area contributed by atoms with Gasteiger partial charge < -0.3 is 44.7 Å². The summed E-state index contributed by atoms with van der Waals surface area (Å²) in [4.78, 5) is 67.2. The van der Waals surface area contributed by atoms with Crippen molar-refractivity contribution in [3.05, 3.63) is 82.9 Å². The lowest BCUT2D eigenvalue weighted by molar-refractivity contribution is -0.241. The maximum atomic E-state index is 14.9. The summed E-state index contributed by atoms with van der Waals surface area (Å²) in [5, 5.41) is 51.2. The summed E-state index contributed by atoms with van der Waals surface area (Å²) in [6, 6.07) is 15.2. The van der Waals surface area contributed by atoms with Gasteiger partial charge in [0.15, 0.2) is 18.0 Å². The number of hydrogen-bond acceptors (Lipinski definition) is 13. The number of aliphatic hydroxyl groups is 4. The molecule has 1 saturated carbocycles. The lowest BCUT2D eigenvalue weighted by atomic mass is 9.49. The molecule has 10 atom stereocenters. The van der Waals surface area contributed by atoms with Crippen molar-refractivity contribution in [1.29, 1.82) is 0 Å². The molecule has 2 aromatic carbocycles. The van der Waals surface area contributed by atoms with Crippen molar-refractivity contribution in [3.63, 3.8) is 0 Å². The van der Waals surface area contributed by atoms with Gasteiger partial charge in [-0.3, -0.25) is 19.2 Å². The second-order valence-corrected chi connectivity index (χ2v) is 15.1. The van der Waals surface area contributed by atoms with Gasteiger partial charge in [-0.05, 0) is 49.1 Å². The van der Waals surface area contributed by atoms with Gasteiger partial charge in [-0.1, -0.05) is 62.4 Å². The molecule has 10 unspecified atom stereocenters. The zero-order chi connectivity index (χ0) is 39.7. The van der Waals surface area contributed by atoms with Crippen LogP contribution in [0.2, 0.25) is 0 Å². The normalized spacial score (nSPS) is 31.9. The SMILES string of the molecule is CC(=O)OC1C(=O)C2(C)C(O)CCOCC(OC(C)=O)C2C(O)C2(O)CC(OC(=O)C(O)C(NC(=O)c3ccccc3)c3ccccc3)C(C)=C1C2(C)C. The number of Topliss-reactive ketones (excluding diaryl/α,β-unsaturated/α-hetero) is 1. The van der Waals surface area contributed by atoms with Crippen molar-refractivity contribution in [1.82, 2.24) is 5.32 Å². The first-order valence-electron chi connectivity index (χ1n) is 17.9. The van der Waals surface area contributed by atoms with Gasteiger partial charge in [0.1, 0.15) is 17.8 Å². The molecule has 2 bridgehead atoms. The Balaban J connectivity index is 1.62. The molecule has 292 valence electrons. The molecular weight excluding hydrogens is 702 g/mol. The highest BCUT2D eigenvalue weighted by Crippen LogP contribution is 2.58. The molecule has 0 radical (unpaired) electrons. The molecule has 0 aromatic heterocycles. The van der Waals surface area contributed by atoms with Crippen LogP contribution in [0.15, 0.2) is 71.8 Å². The Kier molecular flexibility index (Phi) is 11.8. The number of fused-ring (bicyclic) bond motifs is 3. The number of esters is 3. The molecule has 2 aromatic rings. The number of ether oxygens (including phenoxy) is 4. The number of rotatable bonds is 8. The Hall–Kier alpha value is -4.47. The van der Waals surface area contributed by atoms with E-state index in [-0.39, 0.29) is 36.3 Å². The summed E-state index contributed by atoms with van der Waals surface area (Å²) < 4.78 is 22.9. The number of hydrogen-bond donors (Lipinski definition) is 5. The maximum Gasteiger partial charge on any atom is 0.338 e. The van der Waals surface area contributed by atoms with E-state index in [0.717, 1.165) is 13.8 Å². The van der Waals surface area contributed by atoms with E-state index in [4.69, 9.17) is 18.9 Å². The minimum atomic E-state index is -2.32. The smallest absolute Gasteiger partial charge is 0.338 e. The number of aliphatic hydroxyl groups excluding tert-OH is 3. The van der Waals surface area contributed by atoms with E-state index < -0.39 is 101 Å². The standard InChI is InChI=1S/C40H49NO13/c1-21-26(54-37(49)32(45)31(24-13-9-7-10-14-24)41-36(48)25-15-11-8-12-16-25)19-40(50)34(46)30-27(52-22(2)42)20-51-18-17-28(44)39(30,6)35(47)33(53-23(3)43)29(21)38(40,4)5/h7-16,26-28,30-34,44-46,50H,17-20H2,1-6H3,(H,41,48). The van der Waals surface area contributed by atoms with E-state index in [2.05, 4.69) is 5.32 Å². The first kappa shape index (κ1) is 40.7. The van der Waals surface area contributed by atoms with Crippen molar-refractivity contribution < 1.29 is 63.3 Å². The van der Waals surface area contributed by atoms with E-state index >= 15 is 0 Å². The first-order valence-corrected chi connectivity index (χ1v) is 17.9. The lowest BCUT2D eigenvalue weighted by Gasteiger charge is -2.60. The Morgan fingerprint density at radius 2 is 1.50 bits per heavy atom. The Morgan fingerprint density at radius 1 is 0.907 bits per heavy atom. The second kappa shape index (κ2) is 15.7. The van der Waals surface area contributed by atoms with Gasteiger partial charge in [0.2, 0.25) is 0 Å². The summed E-state index contributed by atoms with van der Waals surface area (Å²) >= 11 is 0. The molecule has 5 N–H and O–H groups in total. The van der Waals surface area contributed by atoms with Crippen molar-refractivity contribution in [2.45, 2.75) is 103 Å². The fourth-order valence-corrected chi connectivity index (χ4v) is 8.49. The summed E-state index contributed by atoms with van der Waals surface area (Å²) in [6.45, 7) is 7.86. The van der Waals surface area contributed by atoms with Gasteiger partial charge in [-0.2, -0.15) is 0 Å². The number of ketones is 1. The van der Waals surface area contributed by atoms with Crippen LogP contribution in [0.4, 0.5) is 0 Å². The largest absolute Gasteiger partial charge is 0.460 e. The molecule has 1 amide bonds. The van der Waals surface area contributed by atoms with Crippen LogP contribution in [0.5, 0.6) is 0 Å². The highest BCUT2D eigenvalue weighted by Gasteiger charge is 2.69. The molecule has 2 fully saturated rings. The Bertz CT molecular complexity index is 1780. The van der Waals surface area contributed by atoms with Crippen molar-refractivity contribution >= 4 is 29.6 Å². The zero-order valence-electron chi connectivity index (χ0n) is 31.2. The van der Waals surface area contributed by atoms with E-state index in [0.29, 0.717) is 5.56 Å². The monoisotopic (exact) mass is 751 g/mol. The van der Waals surface area contributed by atoms with Crippen LogP contribution in [0.3, 0.4) is 0 Å². The Labute approximate surface area is 313 Å². The highest BCUT2D eigenvalue weighted by molar-refractivity contribution is 5.95. The topological polar surface area (TPSA) is 215 Å². The third kappa shape index (κ3) is 7.32. The van der Waals surface area contributed by atoms with Crippen molar-refractivity contribution in [3.8, 4) is 0 Å². The van der Waals surface area contributed by atoms with E-state index in [1.54, 1.807) is 60.7 Å². The third-order valence-electron chi connectivity index (χ3n) is 11.5. The minimum absolute atomic E-state index is 0.0222. The molecule has 14 nitrogen and oxygen atoms in total. The first-order chi connectivity index (χ1) is 25.4. The Morgan fingerprint density at radius 3 is 2.09 bits per heavy atom. The van der Waals surface area contributed by atoms with Gasteiger partial charge in [0, 0.05) is 43.8 Å². The molecule has 1 heterocycles. The maximum absolute atomic E-state index is 14.9. The molecule has 0 spiro atoms. The average Bonchev–Trinajstić information content (AvgIpc) is 3.12. The molecule has 1 aliphatic heterocycles. The summed E-state index contributed by atoms with van der Waals surface area (Å²) in [7, 11) is 0. The predicted octanol–water partition coefficient (Wildman–Crippen LogP) is 2.12. The van der Waals surface area contributed by atoms with E-state index in [9.17, 15) is 44.4 Å². The van der Waals surface area contributed by atoms with Crippen LogP contribution in [0, 0.1) is 16.7 Å². The fraction of sp³-hybridized carbons (Fsp3) is 0.525. The summed E-state index contributed by atoms with van der Waals surface area (Å²) in [5.41, 5.74) is -5.00. The van der Waals surface area contributed by atoms with Crippen LogP contribution in [-0.4, -0.2) is 105 Å². The molecular formula is C40H49NO13. The lowest BCUT2D eigenvalue weighted by Crippen LogP contribution is -2.72. The van der Waals surface area contributed by atoms with Gasteiger partial charge in [0.25, 0.3) is 5.91 Å². The van der Waals surface area contributed by atoms with E-state index in [1.165, 1.54) is 27.7 Å². The average molecular weight is 752 g/mol. The van der Waals surface area contributed by atoms with Crippen LogP contribution in [0.1, 0.15) is 76.3 Å². The van der Waals surface area contributed by atoms with Crippen LogP contribution in [0.25, 0.3) is 0 Å². The van der Waals surface area contributed by atoms with Crippen LogP contribution in [-0.2, 0) is 38.1 Å². The molecule has 5 rings (SSSR count). The molecule has 14 heteroatoms. The van der Waals surface area contributed by atoms with Crippen molar-refractivity contribution in [2.75, 3.05) is 13.2 Å². The molecule has 54 heavy (non-hydrogen) atoms. The van der Waals surface area contributed by atoms with Gasteiger partial charge >= 0.3 is 17.9 Å². The fourth-order valence-electron chi connectivity index (χ4n) is 8.49. The van der Waals surface area contributed by atoms with Crippen LogP contribution >= 0.6 is 0 Å². The highest BCUT2D eigenvalue weighted by atomic mass is 16.6. The number of carbonyl (C=O) groups excluding carboxylic acids is 5. The number of benzene rings is 2. The predicted molar refractivity (Wildman–Crippen MR) is 190 cm³/mol. The zero-order valence-corrected chi connectivity index (χ0v) is 31.2. The van der Waals surface area contributed by atoms with Crippen LogP contribution < -0.4 is 5.32 Å². The second-order valence-electron chi connectivity index (χ2n) is 15.1. The molecule has 3 aliphatic rings. The third-order valence-corrected chi connectivity index (χ3v) is 11.5. The summed E-state index contributed by atoms with van der Waals surface area (Å²) in [5.74, 6) is -5.79. The van der Waals surface area contributed by atoms with Crippen molar-refractivity contribution in [2.24, 2.45) is 16.7 Å².